The number of aromatic nitrogens is 2. The highest BCUT2D eigenvalue weighted by Gasteiger charge is 2.19. The van der Waals surface area contributed by atoms with Gasteiger partial charge >= 0.3 is 0 Å². The van der Waals surface area contributed by atoms with Crippen molar-refractivity contribution < 1.29 is 4.79 Å². The monoisotopic (exact) mass is 397 g/mol. The van der Waals surface area contributed by atoms with Crippen molar-refractivity contribution in [2.24, 2.45) is 0 Å². The Hall–Kier alpha value is -3.73. The molecule has 3 aromatic carbocycles. The maximum absolute atomic E-state index is 13.4. The predicted octanol–water partition coefficient (Wildman–Crippen LogP) is 4.38. The lowest BCUT2D eigenvalue weighted by Gasteiger charge is -2.23. The van der Waals surface area contributed by atoms with Crippen LogP contribution in [0.2, 0.25) is 0 Å². The lowest BCUT2D eigenvalue weighted by Crippen LogP contribution is -2.32. The van der Waals surface area contributed by atoms with Crippen LogP contribution >= 0.6 is 0 Å². The first-order valence-corrected chi connectivity index (χ1v) is 9.89. The minimum Gasteiger partial charge on any atom is -0.327 e. The molecule has 30 heavy (non-hydrogen) atoms. The minimum absolute atomic E-state index is 0.0959. The number of hydrogen-bond donors (Lipinski definition) is 1. The fourth-order valence-corrected chi connectivity index (χ4v) is 3.67. The number of fused-ring (bicyclic) bond motifs is 1. The normalized spacial score (nSPS) is 10.9. The van der Waals surface area contributed by atoms with Crippen molar-refractivity contribution in [2.45, 2.75) is 26.9 Å². The van der Waals surface area contributed by atoms with Crippen molar-refractivity contribution in [3.05, 3.63) is 111 Å². The first-order valence-electron chi connectivity index (χ1n) is 9.89. The molecule has 0 atom stereocenters. The van der Waals surface area contributed by atoms with Crippen molar-refractivity contribution in [1.29, 1.82) is 0 Å². The average Bonchev–Trinajstić information content (AvgIpc) is 2.73. The number of amides is 1. The molecule has 0 spiro atoms. The van der Waals surface area contributed by atoms with Crippen LogP contribution in [0.15, 0.2) is 77.6 Å². The molecule has 0 bridgehead atoms. The number of nitrogens with one attached hydrogen (secondary N) is 1. The molecule has 1 aromatic heterocycles. The molecular formula is C25H23N3O2. The van der Waals surface area contributed by atoms with E-state index in [2.05, 4.69) is 9.97 Å². The fraction of sp³-hybridized carbons (Fsp3) is 0.160. The number of H-pyrrole nitrogens is 1. The number of benzene rings is 3. The van der Waals surface area contributed by atoms with E-state index in [0.717, 1.165) is 16.7 Å². The van der Waals surface area contributed by atoms with Crippen LogP contribution in [0, 0.1) is 13.8 Å². The molecule has 4 rings (SSSR count). The summed E-state index contributed by atoms with van der Waals surface area (Å²) in [5.74, 6) is 0.369. The van der Waals surface area contributed by atoms with E-state index in [1.165, 1.54) is 0 Å². The molecule has 0 unspecified atom stereocenters. The summed E-state index contributed by atoms with van der Waals surface area (Å²) in [5, 5.41) is 0.538. The number of nitrogens with zero attached hydrogens (tertiary/aromatic N) is 2. The van der Waals surface area contributed by atoms with Crippen LogP contribution in [0.4, 0.5) is 0 Å². The van der Waals surface area contributed by atoms with Crippen molar-refractivity contribution in [2.75, 3.05) is 0 Å². The van der Waals surface area contributed by atoms with Gasteiger partial charge in [0.15, 0.2) is 0 Å². The van der Waals surface area contributed by atoms with Gasteiger partial charge < -0.3 is 9.88 Å². The maximum Gasteiger partial charge on any atom is 0.258 e. The summed E-state index contributed by atoms with van der Waals surface area (Å²) in [5.41, 5.74) is 4.14. The van der Waals surface area contributed by atoms with Crippen molar-refractivity contribution in [1.82, 2.24) is 14.9 Å². The van der Waals surface area contributed by atoms with E-state index >= 15 is 0 Å². The quantitative estimate of drug-likeness (QED) is 0.543. The van der Waals surface area contributed by atoms with E-state index in [1.807, 2.05) is 74.5 Å². The van der Waals surface area contributed by atoms with Gasteiger partial charge in [-0.15, -0.1) is 0 Å². The first kappa shape index (κ1) is 19.6. The van der Waals surface area contributed by atoms with Crippen LogP contribution in [-0.4, -0.2) is 20.8 Å². The third-order valence-corrected chi connectivity index (χ3v) is 4.97. The number of aryl methyl sites for hydroxylation is 2. The summed E-state index contributed by atoms with van der Waals surface area (Å²) < 4.78 is 0. The maximum atomic E-state index is 13.4. The van der Waals surface area contributed by atoms with E-state index in [-0.39, 0.29) is 18.0 Å². The molecule has 0 saturated carbocycles. The van der Waals surface area contributed by atoms with Crippen molar-refractivity contribution in [3.63, 3.8) is 0 Å². The Morgan fingerprint density at radius 2 is 1.57 bits per heavy atom. The number of rotatable bonds is 5. The summed E-state index contributed by atoms with van der Waals surface area (Å²) in [7, 11) is 0. The summed E-state index contributed by atoms with van der Waals surface area (Å²) in [6.07, 6.45) is 0. The van der Waals surface area contributed by atoms with Gasteiger partial charge in [-0.2, -0.15) is 0 Å². The predicted molar refractivity (Wildman–Crippen MR) is 118 cm³/mol. The fourth-order valence-electron chi connectivity index (χ4n) is 3.67. The van der Waals surface area contributed by atoms with Crippen LogP contribution in [0.3, 0.4) is 0 Å². The van der Waals surface area contributed by atoms with E-state index in [1.54, 1.807) is 17.0 Å². The molecule has 1 N–H and O–H groups in total. The second-order valence-corrected chi connectivity index (χ2v) is 7.55. The Morgan fingerprint density at radius 3 is 2.30 bits per heavy atom. The number of hydrogen-bond acceptors (Lipinski definition) is 3. The molecule has 5 nitrogen and oxygen atoms in total. The van der Waals surface area contributed by atoms with Gasteiger partial charge in [-0.1, -0.05) is 59.7 Å². The summed E-state index contributed by atoms with van der Waals surface area (Å²) >= 11 is 0. The van der Waals surface area contributed by atoms with Crippen molar-refractivity contribution in [3.8, 4) is 0 Å². The van der Waals surface area contributed by atoms with Crippen LogP contribution in [0.5, 0.6) is 0 Å². The molecule has 0 aliphatic rings. The van der Waals surface area contributed by atoms with Crippen LogP contribution in [-0.2, 0) is 13.1 Å². The average molecular weight is 397 g/mol. The van der Waals surface area contributed by atoms with Gasteiger partial charge in [-0.25, -0.2) is 4.98 Å². The Kier molecular flexibility index (Phi) is 5.44. The summed E-state index contributed by atoms with van der Waals surface area (Å²) in [6, 6.07) is 22.9. The zero-order valence-electron chi connectivity index (χ0n) is 17.1. The lowest BCUT2D eigenvalue weighted by atomic mass is 10.1. The Morgan fingerprint density at radius 1 is 0.900 bits per heavy atom. The lowest BCUT2D eigenvalue weighted by molar-refractivity contribution is 0.0725. The molecule has 0 aliphatic heterocycles. The third-order valence-electron chi connectivity index (χ3n) is 4.97. The number of carbonyl (C=O) groups excluding carboxylic acids is 1. The Bertz CT molecular complexity index is 1240. The second kappa shape index (κ2) is 8.33. The van der Waals surface area contributed by atoms with Gasteiger partial charge in [-0.3, -0.25) is 9.59 Å². The Balaban J connectivity index is 1.71. The number of aromatic amines is 1. The van der Waals surface area contributed by atoms with Gasteiger partial charge in [0.25, 0.3) is 11.5 Å². The van der Waals surface area contributed by atoms with Gasteiger partial charge in [0.2, 0.25) is 0 Å². The molecule has 4 aromatic rings. The van der Waals surface area contributed by atoms with Crippen LogP contribution in [0.1, 0.15) is 32.9 Å². The van der Waals surface area contributed by atoms with E-state index in [0.29, 0.717) is 28.8 Å². The highest BCUT2D eigenvalue weighted by Crippen LogP contribution is 2.16. The van der Waals surface area contributed by atoms with Gasteiger partial charge in [0, 0.05) is 12.1 Å². The topological polar surface area (TPSA) is 66.1 Å². The molecule has 1 amide bonds. The largest absolute Gasteiger partial charge is 0.327 e. The number of para-hydroxylation sites is 1. The second-order valence-electron chi connectivity index (χ2n) is 7.55. The Labute approximate surface area is 175 Å². The molecule has 5 heteroatoms. The van der Waals surface area contributed by atoms with Crippen LogP contribution in [0.25, 0.3) is 10.9 Å². The van der Waals surface area contributed by atoms with Gasteiger partial charge in [0.05, 0.1) is 17.4 Å². The minimum atomic E-state index is -0.200. The smallest absolute Gasteiger partial charge is 0.258 e. The molecule has 0 radical (unpaired) electrons. The van der Waals surface area contributed by atoms with E-state index in [4.69, 9.17) is 0 Å². The van der Waals surface area contributed by atoms with Crippen molar-refractivity contribution >= 4 is 16.8 Å². The van der Waals surface area contributed by atoms with Crippen LogP contribution < -0.4 is 5.56 Å². The van der Waals surface area contributed by atoms with E-state index in [9.17, 15) is 9.59 Å². The molecular weight excluding hydrogens is 374 g/mol. The van der Waals surface area contributed by atoms with Gasteiger partial charge in [-0.05, 0) is 43.7 Å². The molecule has 0 aliphatic carbocycles. The first-order chi connectivity index (χ1) is 14.5. The molecule has 0 saturated heterocycles. The SMILES string of the molecule is Cc1cc(C)cc(C(=O)N(Cc2ccccc2)Cc2nc3ccccc3c(=O)[nH]2)c1. The highest BCUT2D eigenvalue weighted by molar-refractivity contribution is 5.94. The zero-order chi connectivity index (χ0) is 21.1. The third kappa shape index (κ3) is 4.30. The standard InChI is InChI=1S/C25H23N3O2/c1-17-12-18(2)14-20(13-17)25(30)28(15-19-8-4-3-5-9-19)16-23-26-22-11-7-6-10-21(22)24(29)27-23/h3-14H,15-16H2,1-2H3,(H,26,27,29). The zero-order valence-corrected chi connectivity index (χ0v) is 17.1. The van der Waals surface area contributed by atoms with Gasteiger partial charge in [0.1, 0.15) is 5.82 Å². The summed E-state index contributed by atoms with van der Waals surface area (Å²) in [4.78, 5) is 35.0. The molecule has 1 heterocycles. The molecule has 0 fully saturated rings. The number of carbonyl (C=O) groups is 1. The molecule has 150 valence electrons. The highest BCUT2D eigenvalue weighted by atomic mass is 16.2. The van der Waals surface area contributed by atoms with E-state index < -0.39 is 0 Å². The summed E-state index contributed by atoms with van der Waals surface area (Å²) in [6.45, 7) is 4.59.